The highest BCUT2D eigenvalue weighted by atomic mass is 79.9. The van der Waals surface area contributed by atoms with Crippen LogP contribution in [0.15, 0.2) is 38.7 Å². The zero-order valence-electron chi connectivity index (χ0n) is 12.1. The SMILES string of the molecule is CCCCn1c(SCC(=O)Nc2ccccc2Br)n[nH]c1=O. The van der Waals surface area contributed by atoms with E-state index in [1.54, 1.807) is 4.57 Å². The summed E-state index contributed by atoms with van der Waals surface area (Å²) in [6.45, 7) is 2.67. The van der Waals surface area contributed by atoms with Crippen molar-refractivity contribution in [3.05, 3.63) is 39.2 Å². The van der Waals surface area contributed by atoms with Crippen LogP contribution in [0.5, 0.6) is 0 Å². The van der Waals surface area contributed by atoms with E-state index in [0.717, 1.165) is 23.0 Å². The summed E-state index contributed by atoms with van der Waals surface area (Å²) in [4.78, 5) is 23.6. The second-order valence-corrected chi connectivity index (χ2v) is 6.43. The van der Waals surface area contributed by atoms with E-state index in [-0.39, 0.29) is 17.3 Å². The molecule has 0 bridgehead atoms. The van der Waals surface area contributed by atoms with Crippen molar-refractivity contribution in [1.82, 2.24) is 14.8 Å². The molecule has 2 N–H and O–H groups in total. The molecule has 2 aromatic rings. The molecule has 2 rings (SSSR count). The first-order chi connectivity index (χ1) is 10.6. The lowest BCUT2D eigenvalue weighted by Crippen LogP contribution is -2.19. The van der Waals surface area contributed by atoms with Crippen molar-refractivity contribution in [3.63, 3.8) is 0 Å². The number of thioether (sulfide) groups is 1. The molecule has 22 heavy (non-hydrogen) atoms. The molecule has 0 saturated carbocycles. The predicted molar refractivity (Wildman–Crippen MR) is 91.3 cm³/mol. The Morgan fingerprint density at radius 3 is 2.95 bits per heavy atom. The lowest BCUT2D eigenvalue weighted by Gasteiger charge is -2.07. The van der Waals surface area contributed by atoms with E-state index in [0.29, 0.717) is 11.7 Å². The van der Waals surface area contributed by atoms with Crippen LogP contribution in [0.3, 0.4) is 0 Å². The van der Waals surface area contributed by atoms with Gasteiger partial charge in [0, 0.05) is 11.0 Å². The lowest BCUT2D eigenvalue weighted by atomic mass is 10.3. The molecule has 0 spiro atoms. The number of halogens is 1. The van der Waals surface area contributed by atoms with Crippen molar-refractivity contribution in [2.75, 3.05) is 11.1 Å². The molecule has 6 nitrogen and oxygen atoms in total. The van der Waals surface area contributed by atoms with Crippen LogP contribution in [0.4, 0.5) is 5.69 Å². The van der Waals surface area contributed by atoms with Crippen molar-refractivity contribution >= 4 is 39.3 Å². The Morgan fingerprint density at radius 2 is 2.23 bits per heavy atom. The van der Waals surface area contributed by atoms with Crippen molar-refractivity contribution in [1.29, 1.82) is 0 Å². The smallest absolute Gasteiger partial charge is 0.324 e. The Labute approximate surface area is 140 Å². The van der Waals surface area contributed by atoms with Crippen LogP contribution in [0.1, 0.15) is 19.8 Å². The number of benzene rings is 1. The van der Waals surface area contributed by atoms with Gasteiger partial charge in [-0.25, -0.2) is 9.89 Å². The van der Waals surface area contributed by atoms with Gasteiger partial charge in [-0.2, -0.15) is 0 Å². The number of aromatic amines is 1. The van der Waals surface area contributed by atoms with Crippen molar-refractivity contribution < 1.29 is 4.79 Å². The van der Waals surface area contributed by atoms with Crippen LogP contribution in [-0.4, -0.2) is 26.4 Å². The van der Waals surface area contributed by atoms with Gasteiger partial charge in [-0.05, 0) is 34.5 Å². The van der Waals surface area contributed by atoms with Crippen LogP contribution in [0.2, 0.25) is 0 Å². The molecule has 0 aliphatic heterocycles. The number of hydrogen-bond donors (Lipinski definition) is 2. The number of amides is 1. The summed E-state index contributed by atoms with van der Waals surface area (Å²) in [5.74, 6) is 0.0481. The summed E-state index contributed by atoms with van der Waals surface area (Å²) in [6.07, 6.45) is 1.89. The third kappa shape index (κ3) is 4.48. The number of nitrogens with zero attached hydrogens (tertiary/aromatic N) is 2. The maximum atomic E-state index is 12.0. The normalized spacial score (nSPS) is 10.6. The highest BCUT2D eigenvalue weighted by Gasteiger charge is 2.11. The minimum atomic E-state index is -0.234. The summed E-state index contributed by atoms with van der Waals surface area (Å²) in [7, 11) is 0. The van der Waals surface area contributed by atoms with Gasteiger partial charge in [0.25, 0.3) is 0 Å². The fourth-order valence-corrected chi connectivity index (χ4v) is 2.96. The van der Waals surface area contributed by atoms with E-state index in [1.165, 1.54) is 11.8 Å². The number of hydrogen-bond acceptors (Lipinski definition) is 4. The first kappa shape index (κ1) is 16.8. The van der Waals surface area contributed by atoms with Gasteiger partial charge < -0.3 is 5.32 Å². The average Bonchev–Trinajstić information content (AvgIpc) is 2.86. The Hall–Kier alpha value is -1.54. The number of aromatic nitrogens is 3. The monoisotopic (exact) mass is 384 g/mol. The van der Waals surface area contributed by atoms with Gasteiger partial charge >= 0.3 is 5.69 Å². The maximum Gasteiger partial charge on any atom is 0.343 e. The Balaban J connectivity index is 1.94. The number of para-hydroxylation sites is 1. The summed E-state index contributed by atoms with van der Waals surface area (Å²) in [6, 6.07) is 7.41. The number of nitrogens with one attached hydrogen (secondary N) is 2. The van der Waals surface area contributed by atoms with E-state index in [2.05, 4.69) is 38.4 Å². The average molecular weight is 385 g/mol. The van der Waals surface area contributed by atoms with Crippen LogP contribution in [0, 0.1) is 0 Å². The molecule has 118 valence electrons. The predicted octanol–water partition coefficient (Wildman–Crippen LogP) is 2.86. The van der Waals surface area contributed by atoms with Crippen LogP contribution < -0.4 is 11.0 Å². The highest BCUT2D eigenvalue weighted by Crippen LogP contribution is 2.22. The molecule has 0 aliphatic carbocycles. The Bertz CT molecular complexity index is 698. The van der Waals surface area contributed by atoms with Crippen molar-refractivity contribution in [3.8, 4) is 0 Å². The summed E-state index contributed by atoms with van der Waals surface area (Å²) in [5.41, 5.74) is 0.487. The molecule has 1 heterocycles. The molecule has 0 unspecified atom stereocenters. The number of anilines is 1. The first-order valence-electron chi connectivity index (χ1n) is 6.94. The molecule has 0 radical (unpaired) electrons. The fourth-order valence-electron chi connectivity index (χ4n) is 1.81. The quantitative estimate of drug-likeness (QED) is 0.719. The number of rotatable bonds is 7. The molecule has 0 fully saturated rings. The second-order valence-electron chi connectivity index (χ2n) is 4.63. The topological polar surface area (TPSA) is 79.8 Å². The summed E-state index contributed by atoms with van der Waals surface area (Å²) in [5, 5.41) is 9.75. The number of unbranched alkanes of at least 4 members (excludes halogenated alkanes) is 1. The van der Waals surface area contributed by atoms with Gasteiger partial charge in [0.1, 0.15) is 0 Å². The maximum absolute atomic E-state index is 12.0. The van der Waals surface area contributed by atoms with Gasteiger partial charge in [0.05, 0.1) is 11.4 Å². The highest BCUT2D eigenvalue weighted by molar-refractivity contribution is 9.10. The molecule has 0 atom stereocenters. The van der Waals surface area contributed by atoms with E-state index in [9.17, 15) is 9.59 Å². The van der Waals surface area contributed by atoms with E-state index in [1.807, 2.05) is 24.3 Å². The van der Waals surface area contributed by atoms with Crippen LogP contribution in [-0.2, 0) is 11.3 Å². The van der Waals surface area contributed by atoms with Gasteiger partial charge in [-0.3, -0.25) is 9.36 Å². The van der Waals surface area contributed by atoms with Crippen molar-refractivity contribution in [2.45, 2.75) is 31.5 Å². The lowest BCUT2D eigenvalue weighted by molar-refractivity contribution is -0.113. The van der Waals surface area contributed by atoms with Gasteiger partial charge in [0.15, 0.2) is 5.16 Å². The Kier molecular flexibility index (Phi) is 6.26. The van der Waals surface area contributed by atoms with Crippen LogP contribution in [0.25, 0.3) is 0 Å². The molecule has 1 amide bonds. The molecule has 1 aromatic carbocycles. The second kappa shape index (κ2) is 8.19. The third-order valence-electron chi connectivity index (χ3n) is 2.94. The minimum Gasteiger partial charge on any atom is -0.324 e. The molecular formula is C14H17BrN4O2S. The van der Waals surface area contributed by atoms with Crippen molar-refractivity contribution in [2.24, 2.45) is 0 Å². The number of H-pyrrole nitrogens is 1. The van der Waals surface area contributed by atoms with E-state index in [4.69, 9.17) is 0 Å². The molecule has 1 aromatic heterocycles. The number of carbonyl (C=O) groups excluding carboxylic acids is 1. The molecule has 0 aliphatic rings. The largest absolute Gasteiger partial charge is 0.343 e. The standard InChI is InChI=1S/C14H17BrN4O2S/c1-2-3-8-19-13(21)17-18-14(19)22-9-12(20)16-11-7-5-4-6-10(11)15/h4-7H,2-3,8-9H2,1H3,(H,16,20)(H,17,21). The van der Waals surface area contributed by atoms with Gasteiger partial charge in [-0.1, -0.05) is 37.2 Å². The zero-order chi connectivity index (χ0) is 15.9. The fraction of sp³-hybridized carbons (Fsp3) is 0.357. The Morgan fingerprint density at radius 1 is 1.45 bits per heavy atom. The third-order valence-corrected chi connectivity index (χ3v) is 4.61. The zero-order valence-corrected chi connectivity index (χ0v) is 14.5. The molecule has 0 saturated heterocycles. The van der Waals surface area contributed by atoms with Crippen LogP contribution >= 0.6 is 27.7 Å². The number of carbonyl (C=O) groups is 1. The van der Waals surface area contributed by atoms with E-state index >= 15 is 0 Å². The first-order valence-corrected chi connectivity index (χ1v) is 8.72. The van der Waals surface area contributed by atoms with Gasteiger partial charge in [0.2, 0.25) is 5.91 Å². The molecule has 8 heteroatoms. The van der Waals surface area contributed by atoms with E-state index < -0.39 is 0 Å². The summed E-state index contributed by atoms with van der Waals surface area (Å²) < 4.78 is 2.40. The van der Waals surface area contributed by atoms with Gasteiger partial charge in [-0.15, -0.1) is 5.10 Å². The minimum absolute atomic E-state index is 0.144. The molecular weight excluding hydrogens is 368 g/mol. The summed E-state index contributed by atoms with van der Waals surface area (Å²) >= 11 is 4.62.